The van der Waals surface area contributed by atoms with Gasteiger partial charge in [-0.3, -0.25) is 0 Å². The molecule has 0 amide bonds. The van der Waals surface area contributed by atoms with Gasteiger partial charge in [-0.1, -0.05) is 0 Å². The largest absolute Gasteiger partial charge is 0.465 e. The minimum absolute atomic E-state index is 0.0293. The van der Waals surface area contributed by atoms with Crippen molar-refractivity contribution in [2.75, 3.05) is 30.9 Å². The lowest BCUT2D eigenvalue weighted by atomic mass is 9.90. The van der Waals surface area contributed by atoms with Crippen molar-refractivity contribution in [1.82, 2.24) is 4.98 Å². The highest BCUT2D eigenvalue weighted by atomic mass is 16.5. The zero-order valence-electron chi connectivity index (χ0n) is 11.0. The number of hydrogen-bond donors (Lipinski definition) is 2. The Kier molecular flexibility index (Phi) is 4.21. The van der Waals surface area contributed by atoms with Gasteiger partial charge in [0.25, 0.3) is 0 Å². The lowest BCUT2D eigenvalue weighted by Gasteiger charge is -2.39. The number of pyridine rings is 1. The Labute approximate surface area is 112 Å². The highest BCUT2D eigenvalue weighted by Crippen LogP contribution is 2.31. The molecule has 3 N–H and O–H groups in total. The summed E-state index contributed by atoms with van der Waals surface area (Å²) in [6.45, 7) is 0.502. The number of aromatic nitrogens is 1. The maximum atomic E-state index is 11.8. The number of esters is 1. The normalized spacial score (nSPS) is 14.8. The molecule has 1 aliphatic carbocycles. The third-order valence-electron chi connectivity index (χ3n) is 3.48. The van der Waals surface area contributed by atoms with Gasteiger partial charge in [0, 0.05) is 12.6 Å². The number of hydrogen-bond acceptors (Lipinski definition) is 6. The molecule has 104 valence electrons. The predicted octanol–water partition coefficient (Wildman–Crippen LogP) is 0.802. The maximum Gasteiger partial charge on any atom is 0.340 e. The molecule has 0 unspecified atom stereocenters. The first kappa shape index (κ1) is 13.6. The van der Waals surface area contributed by atoms with Crippen molar-refractivity contribution in [1.29, 1.82) is 0 Å². The van der Waals surface area contributed by atoms with E-state index in [0.29, 0.717) is 23.8 Å². The molecule has 0 saturated heterocycles. The molecular weight excluding hydrogens is 246 g/mol. The van der Waals surface area contributed by atoms with Crippen LogP contribution in [-0.2, 0) is 4.74 Å². The summed E-state index contributed by atoms with van der Waals surface area (Å²) in [4.78, 5) is 17.9. The average Bonchev–Trinajstić information content (AvgIpc) is 2.35. The Morgan fingerprint density at radius 3 is 2.89 bits per heavy atom. The fraction of sp³-hybridized carbons (Fsp3) is 0.538. The molecule has 1 aliphatic rings. The predicted molar refractivity (Wildman–Crippen MR) is 72.1 cm³/mol. The maximum absolute atomic E-state index is 11.8. The standard InChI is InChI=1S/C13H19N3O3/c1-19-13(18)10-7-12(14)15-8-11(10)16(5-6-17)9-3-2-4-9/h7-9,17H,2-6H2,1H3,(H2,14,15). The SMILES string of the molecule is COC(=O)c1cc(N)ncc1N(CCO)C1CCC1. The monoisotopic (exact) mass is 265 g/mol. The van der Waals surface area contributed by atoms with Gasteiger partial charge >= 0.3 is 5.97 Å². The number of nitrogens with two attached hydrogens (primary N) is 1. The van der Waals surface area contributed by atoms with Crippen LogP contribution in [0.15, 0.2) is 12.3 Å². The Morgan fingerprint density at radius 1 is 1.63 bits per heavy atom. The van der Waals surface area contributed by atoms with Gasteiger partial charge in [-0.2, -0.15) is 0 Å². The number of nitrogens with zero attached hydrogens (tertiary/aromatic N) is 2. The lowest BCUT2D eigenvalue weighted by molar-refractivity contribution is 0.0601. The Bertz CT molecular complexity index is 460. The van der Waals surface area contributed by atoms with E-state index in [9.17, 15) is 9.90 Å². The number of aliphatic hydroxyl groups is 1. The molecule has 6 heteroatoms. The number of aliphatic hydroxyl groups excluding tert-OH is 1. The first-order valence-electron chi connectivity index (χ1n) is 6.38. The molecule has 0 radical (unpaired) electrons. The number of methoxy groups -OCH3 is 1. The van der Waals surface area contributed by atoms with Gasteiger partial charge in [-0.05, 0) is 25.3 Å². The molecule has 0 atom stereocenters. The number of carbonyl (C=O) groups is 1. The van der Waals surface area contributed by atoms with Gasteiger partial charge < -0.3 is 20.5 Å². The van der Waals surface area contributed by atoms with Crippen LogP contribution < -0.4 is 10.6 Å². The average molecular weight is 265 g/mol. The summed E-state index contributed by atoms with van der Waals surface area (Å²) in [5.74, 6) is -0.159. The van der Waals surface area contributed by atoms with Crippen molar-refractivity contribution in [2.45, 2.75) is 25.3 Å². The second-order valence-corrected chi connectivity index (χ2v) is 4.62. The topological polar surface area (TPSA) is 88.7 Å². The smallest absolute Gasteiger partial charge is 0.340 e. The highest BCUT2D eigenvalue weighted by Gasteiger charge is 2.28. The van der Waals surface area contributed by atoms with E-state index in [1.165, 1.54) is 19.6 Å². The van der Waals surface area contributed by atoms with Crippen LogP contribution in [0.1, 0.15) is 29.6 Å². The lowest BCUT2D eigenvalue weighted by Crippen LogP contribution is -2.42. The molecule has 19 heavy (non-hydrogen) atoms. The zero-order chi connectivity index (χ0) is 13.8. The third kappa shape index (κ3) is 2.78. The zero-order valence-corrected chi connectivity index (χ0v) is 11.0. The number of rotatable bonds is 5. The van der Waals surface area contributed by atoms with Crippen molar-refractivity contribution in [3.05, 3.63) is 17.8 Å². The Morgan fingerprint density at radius 2 is 2.37 bits per heavy atom. The van der Waals surface area contributed by atoms with Gasteiger partial charge in [0.05, 0.1) is 31.2 Å². The van der Waals surface area contributed by atoms with E-state index in [4.69, 9.17) is 10.5 Å². The van der Waals surface area contributed by atoms with E-state index < -0.39 is 5.97 Å². The number of anilines is 2. The molecule has 0 aromatic carbocycles. The summed E-state index contributed by atoms with van der Waals surface area (Å²) in [7, 11) is 1.34. The summed E-state index contributed by atoms with van der Waals surface area (Å²) in [5.41, 5.74) is 6.71. The number of carbonyl (C=O) groups excluding carboxylic acids is 1. The van der Waals surface area contributed by atoms with E-state index in [1.807, 2.05) is 4.90 Å². The minimum Gasteiger partial charge on any atom is -0.465 e. The summed E-state index contributed by atoms with van der Waals surface area (Å²) >= 11 is 0. The number of nitrogen functional groups attached to an aromatic ring is 1. The Balaban J connectivity index is 2.37. The van der Waals surface area contributed by atoms with Crippen LogP contribution in [0.5, 0.6) is 0 Å². The van der Waals surface area contributed by atoms with Gasteiger partial charge in [0.15, 0.2) is 0 Å². The molecule has 0 bridgehead atoms. The summed E-state index contributed by atoms with van der Waals surface area (Å²) < 4.78 is 4.78. The summed E-state index contributed by atoms with van der Waals surface area (Å²) in [5, 5.41) is 9.20. The van der Waals surface area contributed by atoms with Crippen molar-refractivity contribution >= 4 is 17.5 Å². The molecule has 0 aliphatic heterocycles. The molecule has 2 rings (SSSR count). The number of ether oxygens (including phenoxy) is 1. The van der Waals surface area contributed by atoms with Crippen LogP contribution in [-0.4, -0.2) is 42.4 Å². The fourth-order valence-corrected chi connectivity index (χ4v) is 2.27. The molecule has 1 saturated carbocycles. The first-order chi connectivity index (χ1) is 9.17. The van der Waals surface area contributed by atoms with Crippen molar-refractivity contribution < 1.29 is 14.6 Å². The Hall–Kier alpha value is -1.82. The van der Waals surface area contributed by atoms with Crippen LogP contribution in [0.3, 0.4) is 0 Å². The van der Waals surface area contributed by atoms with Gasteiger partial charge in [-0.25, -0.2) is 9.78 Å². The van der Waals surface area contributed by atoms with Gasteiger partial charge in [0.1, 0.15) is 5.82 Å². The molecule has 0 spiro atoms. The van der Waals surface area contributed by atoms with E-state index in [2.05, 4.69) is 4.98 Å². The second kappa shape index (κ2) is 5.88. The minimum atomic E-state index is -0.439. The van der Waals surface area contributed by atoms with E-state index >= 15 is 0 Å². The van der Waals surface area contributed by atoms with Crippen molar-refractivity contribution in [3.63, 3.8) is 0 Å². The van der Waals surface area contributed by atoms with E-state index in [1.54, 1.807) is 6.20 Å². The molecular formula is C13H19N3O3. The molecule has 1 fully saturated rings. The van der Waals surface area contributed by atoms with E-state index in [0.717, 1.165) is 12.8 Å². The highest BCUT2D eigenvalue weighted by molar-refractivity contribution is 5.96. The van der Waals surface area contributed by atoms with Crippen molar-refractivity contribution in [3.8, 4) is 0 Å². The quantitative estimate of drug-likeness (QED) is 0.766. The second-order valence-electron chi connectivity index (χ2n) is 4.62. The molecule has 1 heterocycles. The van der Waals surface area contributed by atoms with Crippen LogP contribution in [0.25, 0.3) is 0 Å². The van der Waals surface area contributed by atoms with Gasteiger partial charge in [0.2, 0.25) is 0 Å². The van der Waals surface area contributed by atoms with Crippen LogP contribution in [0.4, 0.5) is 11.5 Å². The van der Waals surface area contributed by atoms with Crippen LogP contribution in [0, 0.1) is 0 Å². The van der Waals surface area contributed by atoms with Gasteiger partial charge in [-0.15, -0.1) is 0 Å². The molecule has 1 aromatic rings. The fourth-order valence-electron chi connectivity index (χ4n) is 2.27. The molecule has 6 nitrogen and oxygen atoms in total. The van der Waals surface area contributed by atoms with Crippen LogP contribution >= 0.6 is 0 Å². The third-order valence-corrected chi connectivity index (χ3v) is 3.48. The summed E-state index contributed by atoms with van der Waals surface area (Å²) in [6.07, 6.45) is 4.87. The molecule has 1 aromatic heterocycles. The summed E-state index contributed by atoms with van der Waals surface area (Å²) in [6, 6.07) is 1.87. The van der Waals surface area contributed by atoms with E-state index in [-0.39, 0.29) is 12.4 Å². The van der Waals surface area contributed by atoms with Crippen LogP contribution in [0.2, 0.25) is 0 Å². The van der Waals surface area contributed by atoms with Crippen molar-refractivity contribution in [2.24, 2.45) is 0 Å². The first-order valence-corrected chi connectivity index (χ1v) is 6.38.